The van der Waals surface area contributed by atoms with Crippen LogP contribution in [0.15, 0.2) is 27.8 Å². The van der Waals surface area contributed by atoms with Crippen molar-refractivity contribution in [1.29, 1.82) is 0 Å². The van der Waals surface area contributed by atoms with Crippen molar-refractivity contribution in [3.8, 4) is 0 Å². The molecule has 0 aliphatic carbocycles. The molecule has 0 bridgehead atoms. The quantitative estimate of drug-likeness (QED) is 0.206. The van der Waals surface area contributed by atoms with Crippen LogP contribution in [0.4, 0.5) is 0 Å². The first-order chi connectivity index (χ1) is 12.1. The van der Waals surface area contributed by atoms with Gasteiger partial charge < -0.3 is 24.7 Å². The van der Waals surface area contributed by atoms with Crippen molar-refractivity contribution < 1.29 is 9.15 Å². The predicted octanol–water partition coefficient (Wildman–Crippen LogP) is 2.02. The zero-order valence-corrected chi connectivity index (χ0v) is 19.2. The number of methoxy groups -OCH3 is 1. The van der Waals surface area contributed by atoms with Gasteiger partial charge in [0.05, 0.1) is 18.8 Å². The Balaban J connectivity index is 0.00000625. The number of aliphatic imine (C=N–C) groups is 1. The van der Waals surface area contributed by atoms with Gasteiger partial charge >= 0.3 is 0 Å². The number of hydrogen-bond acceptors (Lipinski definition) is 5. The Morgan fingerprint density at radius 3 is 2.62 bits per heavy atom. The first kappa shape index (κ1) is 25.2. The second-order valence-corrected chi connectivity index (χ2v) is 6.29. The SMILES string of the molecule is CCNC(=NCC(c1ccco1)N(C)C)NCCN(C)CCCOC.I. The largest absolute Gasteiger partial charge is 0.468 e. The third kappa shape index (κ3) is 10.3. The van der Waals surface area contributed by atoms with Gasteiger partial charge in [0, 0.05) is 39.9 Å². The van der Waals surface area contributed by atoms with Crippen molar-refractivity contribution in [3.05, 3.63) is 24.2 Å². The van der Waals surface area contributed by atoms with Gasteiger partial charge in [-0.25, -0.2) is 0 Å². The summed E-state index contributed by atoms with van der Waals surface area (Å²) < 4.78 is 10.6. The number of guanidine groups is 1. The Bertz CT molecular complexity index is 468. The van der Waals surface area contributed by atoms with Crippen LogP contribution in [0.2, 0.25) is 0 Å². The lowest BCUT2D eigenvalue weighted by Crippen LogP contribution is -2.41. The molecular weight excluding hydrogens is 445 g/mol. The van der Waals surface area contributed by atoms with E-state index >= 15 is 0 Å². The average Bonchev–Trinajstić information content (AvgIpc) is 3.09. The topological polar surface area (TPSA) is 65.3 Å². The maximum Gasteiger partial charge on any atom is 0.191 e. The predicted molar refractivity (Wildman–Crippen MR) is 119 cm³/mol. The molecule has 0 aliphatic rings. The van der Waals surface area contributed by atoms with Crippen LogP contribution in [0.25, 0.3) is 0 Å². The fraction of sp³-hybridized carbons (Fsp3) is 0.722. The Morgan fingerprint density at radius 2 is 2.04 bits per heavy atom. The molecule has 7 nitrogen and oxygen atoms in total. The molecule has 1 aromatic heterocycles. The van der Waals surface area contributed by atoms with E-state index in [-0.39, 0.29) is 30.0 Å². The normalized spacial score (nSPS) is 13.0. The minimum atomic E-state index is 0. The summed E-state index contributed by atoms with van der Waals surface area (Å²) in [5, 5.41) is 6.70. The number of nitrogens with one attached hydrogen (secondary N) is 2. The van der Waals surface area contributed by atoms with Gasteiger partial charge in [-0.2, -0.15) is 0 Å². The van der Waals surface area contributed by atoms with Crippen LogP contribution in [-0.2, 0) is 4.74 Å². The average molecular weight is 481 g/mol. The number of likely N-dealkylation sites (N-methyl/N-ethyl adjacent to an activating group) is 2. The highest BCUT2D eigenvalue weighted by molar-refractivity contribution is 14.0. The molecule has 0 fully saturated rings. The summed E-state index contributed by atoms with van der Waals surface area (Å²) in [6.45, 7) is 7.20. The molecule has 0 aliphatic heterocycles. The number of halogens is 1. The highest BCUT2D eigenvalue weighted by atomic mass is 127. The second-order valence-electron chi connectivity index (χ2n) is 6.29. The smallest absolute Gasteiger partial charge is 0.191 e. The van der Waals surface area contributed by atoms with E-state index in [0.717, 1.165) is 50.9 Å². The van der Waals surface area contributed by atoms with Crippen LogP contribution in [0, 0.1) is 0 Å². The fourth-order valence-corrected chi connectivity index (χ4v) is 2.46. The van der Waals surface area contributed by atoms with E-state index in [1.54, 1.807) is 13.4 Å². The highest BCUT2D eigenvalue weighted by Crippen LogP contribution is 2.18. The van der Waals surface area contributed by atoms with Gasteiger partial charge in [-0.15, -0.1) is 24.0 Å². The lowest BCUT2D eigenvalue weighted by atomic mass is 10.2. The lowest BCUT2D eigenvalue weighted by molar-refractivity contribution is 0.180. The molecule has 152 valence electrons. The van der Waals surface area contributed by atoms with Crippen LogP contribution >= 0.6 is 24.0 Å². The molecule has 0 saturated heterocycles. The second kappa shape index (κ2) is 15.2. The van der Waals surface area contributed by atoms with E-state index in [1.165, 1.54) is 0 Å². The molecule has 1 heterocycles. The molecular formula is C18H36IN5O2. The van der Waals surface area contributed by atoms with E-state index < -0.39 is 0 Å². The summed E-state index contributed by atoms with van der Waals surface area (Å²) in [5.74, 6) is 1.77. The summed E-state index contributed by atoms with van der Waals surface area (Å²) >= 11 is 0. The van der Waals surface area contributed by atoms with E-state index in [4.69, 9.17) is 14.1 Å². The van der Waals surface area contributed by atoms with Crippen molar-refractivity contribution in [3.63, 3.8) is 0 Å². The summed E-state index contributed by atoms with van der Waals surface area (Å²) in [5.41, 5.74) is 0. The number of ether oxygens (including phenoxy) is 1. The Labute approximate surface area is 175 Å². The van der Waals surface area contributed by atoms with Crippen LogP contribution < -0.4 is 10.6 Å². The summed E-state index contributed by atoms with van der Waals surface area (Å²) in [6.07, 6.45) is 2.76. The molecule has 0 amide bonds. The van der Waals surface area contributed by atoms with Gasteiger partial charge in [-0.3, -0.25) is 9.89 Å². The van der Waals surface area contributed by atoms with Gasteiger partial charge in [0.15, 0.2) is 5.96 Å². The Hall–Kier alpha value is -0.840. The Kier molecular flexibility index (Phi) is 14.7. The molecule has 1 rings (SSSR count). The van der Waals surface area contributed by atoms with Crippen molar-refractivity contribution >= 4 is 29.9 Å². The van der Waals surface area contributed by atoms with Crippen molar-refractivity contribution in [1.82, 2.24) is 20.4 Å². The van der Waals surface area contributed by atoms with Crippen LogP contribution in [-0.4, -0.2) is 83.3 Å². The highest BCUT2D eigenvalue weighted by Gasteiger charge is 2.16. The van der Waals surface area contributed by atoms with Gasteiger partial charge in [0.1, 0.15) is 5.76 Å². The third-order valence-electron chi connectivity index (χ3n) is 3.94. The lowest BCUT2D eigenvalue weighted by Gasteiger charge is -2.21. The van der Waals surface area contributed by atoms with Crippen molar-refractivity contribution in [2.24, 2.45) is 4.99 Å². The monoisotopic (exact) mass is 481 g/mol. The first-order valence-corrected chi connectivity index (χ1v) is 8.98. The molecule has 0 aromatic carbocycles. The van der Waals surface area contributed by atoms with E-state index in [0.29, 0.717) is 6.54 Å². The van der Waals surface area contributed by atoms with Crippen LogP contribution in [0.3, 0.4) is 0 Å². The molecule has 2 N–H and O–H groups in total. The number of hydrogen-bond donors (Lipinski definition) is 2. The van der Waals surface area contributed by atoms with Gasteiger partial charge in [0.2, 0.25) is 0 Å². The van der Waals surface area contributed by atoms with Crippen molar-refractivity contribution in [2.45, 2.75) is 19.4 Å². The Morgan fingerprint density at radius 1 is 1.27 bits per heavy atom. The van der Waals surface area contributed by atoms with Crippen LogP contribution in [0.1, 0.15) is 25.1 Å². The van der Waals surface area contributed by atoms with Gasteiger partial charge in [0.25, 0.3) is 0 Å². The molecule has 1 atom stereocenters. The molecule has 1 aromatic rings. The molecule has 0 radical (unpaired) electrons. The first-order valence-electron chi connectivity index (χ1n) is 8.98. The fourth-order valence-electron chi connectivity index (χ4n) is 2.46. The standard InChI is InChI=1S/C18H35N5O2.HI/c1-6-19-18(20-10-12-23(4)11-8-13-24-5)21-15-16(22(2)3)17-9-7-14-25-17;/h7,9,14,16H,6,8,10-13,15H2,1-5H3,(H2,19,20,21);1H. The molecule has 0 saturated carbocycles. The zero-order chi connectivity index (χ0) is 18.5. The molecule has 1 unspecified atom stereocenters. The zero-order valence-electron chi connectivity index (χ0n) is 16.8. The van der Waals surface area contributed by atoms with Gasteiger partial charge in [-0.1, -0.05) is 0 Å². The summed E-state index contributed by atoms with van der Waals surface area (Å²) in [4.78, 5) is 9.13. The van der Waals surface area contributed by atoms with Gasteiger partial charge in [-0.05, 0) is 46.6 Å². The summed E-state index contributed by atoms with van der Waals surface area (Å²) in [7, 11) is 7.95. The molecule has 26 heavy (non-hydrogen) atoms. The minimum Gasteiger partial charge on any atom is -0.468 e. The third-order valence-corrected chi connectivity index (χ3v) is 3.94. The molecule has 8 heteroatoms. The maximum absolute atomic E-state index is 5.54. The maximum atomic E-state index is 5.54. The summed E-state index contributed by atoms with van der Waals surface area (Å²) in [6, 6.07) is 4.04. The molecule has 0 spiro atoms. The van der Waals surface area contributed by atoms with Crippen molar-refractivity contribution in [2.75, 3.05) is 67.6 Å². The van der Waals surface area contributed by atoms with E-state index in [9.17, 15) is 0 Å². The van der Waals surface area contributed by atoms with E-state index in [1.807, 2.05) is 26.2 Å². The van der Waals surface area contributed by atoms with E-state index in [2.05, 4.69) is 34.4 Å². The van der Waals surface area contributed by atoms with Crippen LogP contribution in [0.5, 0.6) is 0 Å². The number of furan rings is 1. The number of nitrogens with zero attached hydrogens (tertiary/aromatic N) is 3. The minimum absolute atomic E-state index is 0. The number of rotatable bonds is 12.